The first-order valence-corrected chi connectivity index (χ1v) is 6.07. The molecule has 0 spiro atoms. The summed E-state index contributed by atoms with van der Waals surface area (Å²) in [7, 11) is 0. The highest BCUT2D eigenvalue weighted by atomic mass is 19.2. The lowest BCUT2D eigenvalue weighted by atomic mass is 9.99. The molecule has 0 bridgehead atoms. The molecular formula is C13H15F2N3O. The fourth-order valence-corrected chi connectivity index (χ4v) is 1.91. The van der Waals surface area contributed by atoms with Gasteiger partial charge < -0.3 is 10.3 Å². The topological polar surface area (TPSA) is 64.9 Å². The molecule has 2 rings (SSSR count). The molecule has 0 amide bonds. The summed E-state index contributed by atoms with van der Waals surface area (Å²) in [5.74, 6) is -1.26. The third-order valence-electron chi connectivity index (χ3n) is 3.01. The molecule has 2 unspecified atom stereocenters. The van der Waals surface area contributed by atoms with Crippen LogP contribution in [0.5, 0.6) is 0 Å². The summed E-state index contributed by atoms with van der Waals surface area (Å²) in [6.07, 6.45) is 0.761. The minimum Gasteiger partial charge on any atom is -0.339 e. The van der Waals surface area contributed by atoms with Gasteiger partial charge in [0.05, 0.1) is 5.92 Å². The molecule has 0 saturated heterocycles. The van der Waals surface area contributed by atoms with Crippen LogP contribution in [-0.4, -0.2) is 16.2 Å². The van der Waals surface area contributed by atoms with E-state index in [2.05, 4.69) is 10.1 Å². The van der Waals surface area contributed by atoms with Gasteiger partial charge in [0.15, 0.2) is 11.6 Å². The molecule has 19 heavy (non-hydrogen) atoms. The van der Waals surface area contributed by atoms with Gasteiger partial charge in [0.1, 0.15) is 0 Å². The summed E-state index contributed by atoms with van der Waals surface area (Å²) >= 11 is 0. The molecule has 2 N–H and O–H groups in total. The fourth-order valence-electron chi connectivity index (χ4n) is 1.91. The highest BCUT2D eigenvalue weighted by Gasteiger charge is 2.21. The molecule has 0 aliphatic carbocycles. The van der Waals surface area contributed by atoms with E-state index in [0.29, 0.717) is 11.5 Å². The molecule has 1 heterocycles. The van der Waals surface area contributed by atoms with Crippen molar-refractivity contribution in [1.82, 2.24) is 10.1 Å². The standard InChI is InChI=1S/C13H15F2N3O/c1-3-9(7(2)16)13-17-12(18-19-13)8-4-5-10(14)11(15)6-8/h4-7,9H,3,16H2,1-2H3. The van der Waals surface area contributed by atoms with E-state index in [0.717, 1.165) is 18.6 Å². The van der Waals surface area contributed by atoms with Crippen LogP contribution in [0, 0.1) is 11.6 Å². The lowest BCUT2D eigenvalue weighted by Crippen LogP contribution is -2.24. The van der Waals surface area contributed by atoms with Gasteiger partial charge in [-0.3, -0.25) is 0 Å². The second-order valence-electron chi connectivity index (χ2n) is 4.46. The summed E-state index contributed by atoms with van der Waals surface area (Å²) in [6.45, 7) is 3.82. The van der Waals surface area contributed by atoms with Gasteiger partial charge in [0.25, 0.3) is 0 Å². The quantitative estimate of drug-likeness (QED) is 0.925. The number of aromatic nitrogens is 2. The van der Waals surface area contributed by atoms with Crippen molar-refractivity contribution in [2.24, 2.45) is 5.73 Å². The number of halogens is 2. The van der Waals surface area contributed by atoms with Crippen LogP contribution in [-0.2, 0) is 0 Å². The molecule has 0 saturated carbocycles. The number of benzene rings is 1. The van der Waals surface area contributed by atoms with E-state index in [1.54, 1.807) is 0 Å². The molecule has 4 nitrogen and oxygen atoms in total. The molecule has 1 aromatic heterocycles. The van der Waals surface area contributed by atoms with Gasteiger partial charge in [-0.1, -0.05) is 12.1 Å². The molecule has 6 heteroatoms. The predicted molar refractivity (Wildman–Crippen MR) is 66.3 cm³/mol. The van der Waals surface area contributed by atoms with E-state index in [9.17, 15) is 8.78 Å². The van der Waals surface area contributed by atoms with Gasteiger partial charge in [-0.15, -0.1) is 0 Å². The van der Waals surface area contributed by atoms with Crippen molar-refractivity contribution in [2.45, 2.75) is 32.2 Å². The maximum Gasteiger partial charge on any atom is 0.231 e. The summed E-state index contributed by atoms with van der Waals surface area (Å²) in [5, 5.41) is 3.78. The number of nitrogens with two attached hydrogens (primary N) is 1. The molecule has 1 aromatic carbocycles. The van der Waals surface area contributed by atoms with Gasteiger partial charge in [0.2, 0.25) is 11.7 Å². The Labute approximate surface area is 109 Å². The highest BCUT2D eigenvalue weighted by molar-refractivity contribution is 5.54. The summed E-state index contributed by atoms with van der Waals surface area (Å²) in [4.78, 5) is 4.20. The van der Waals surface area contributed by atoms with Crippen molar-refractivity contribution in [1.29, 1.82) is 0 Å². The van der Waals surface area contributed by atoms with E-state index in [1.807, 2.05) is 13.8 Å². The second kappa shape index (κ2) is 5.44. The molecule has 0 aliphatic rings. The van der Waals surface area contributed by atoms with Crippen LogP contribution in [0.15, 0.2) is 22.7 Å². The van der Waals surface area contributed by atoms with Gasteiger partial charge in [0, 0.05) is 11.6 Å². The summed E-state index contributed by atoms with van der Waals surface area (Å²) in [6, 6.07) is 3.35. The highest BCUT2D eigenvalue weighted by Crippen LogP contribution is 2.24. The Bertz CT molecular complexity index is 569. The lowest BCUT2D eigenvalue weighted by Gasteiger charge is -2.13. The van der Waals surface area contributed by atoms with Crippen LogP contribution in [0.25, 0.3) is 11.4 Å². The van der Waals surface area contributed by atoms with E-state index in [4.69, 9.17) is 10.3 Å². The van der Waals surface area contributed by atoms with E-state index < -0.39 is 11.6 Å². The van der Waals surface area contributed by atoms with Crippen LogP contribution in [0.4, 0.5) is 8.78 Å². The van der Waals surface area contributed by atoms with Gasteiger partial charge in [-0.25, -0.2) is 8.78 Å². The molecule has 102 valence electrons. The zero-order valence-corrected chi connectivity index (χ0v) is 10.7. The number of hydrogen-bond acceptors (Lipinski definition) is 4. The first-order valence-electron chi connectivity index (χ1n) is 6.07. The maximum atomic E-state index is 13.1. The van der Waals surface area contributed by atoms with Crippen molar-refractivity contribution in [3.05, 3.63) is 35.7 Å². The Morgan fingerprint density at radius 3 is 2.63 bits per heavy atom. The number of nitrogens with zero attached hydrogens (tertiary/aromatic N) is 2. The first-order chi connectivity index (χ1) is 9.02. The van der Waals surface area contributed by atoms with Crippen molar-refractivity contribution < 1.29 is 13.3 Å². The Balaban J connectivity index is 2.32. The Morgan fingerprint density at radius 1 is 1.32 bits per heavy atom. The summed E-state index contributed by atoms with van der Waals surface area (Å²) in [5.41, 5.74) is 6.20. The minimum absolute atomic E-state index is 0.0495. The fraction of sp³-hybridized carbons (Fsp3) is 0.385. The Morgan fingerprint density at radius 2 is 2.05 bits per heavy atom. The average Bonchev–Trinajstić information content (AvgIpc) is 2.82. The van der Waals surface area contributed by atoms with E-state index in [-0.39, 0.29) is 17.8 Å². The van der Waals surface area contributed by atoms with Crippen molar-refractivity contribution in [3.8, 4) is 11.4 Å². The largest absolute Gasteiger partial charge is 0.339 e. The average molecular weight is 267 g/mol. The monoisotopic (exact) mass is 267 g/mol. The minimum atomic E-state index is -0.942. The zero-order chi connectivity index (χ0) is 14.0. The zero-order valence-electron chi connectivity index (χ0n) is 10.7. The predicted octanol–water partition coefficient (Wildman–Crippen LogP) is 2.86. The third-order valence-corrected chi connectivity index (χ3v) is 3.01. The van der Waals surface area contributed by atoms with Crippen molar-refractivity contribution in [2.75, 3.05) is 0 Å². The third kappa shape index (κ3) is 2.78. The number of rotatable bonds is 4. The van der Waals surface area contributed by atoms with Crippen LogP contribution >= 0.6 is 0 Å². The van der Waals surface area contributed by atoms with Crippen LogP contribution in [0.1, 0.15) is 32.1 Å². The van der Waals surface area contributed by atoms with Crippen LogP contribution < -0.4 is 5.73 Å². The maximum absolute atomic E-state index is 13.1. The second-order valence-corrected chi connectivity index (χ2v) is 4.46. The Kier molecular flexibility index (Phi) is 3.90. The van der Waals surface area contributed by atoms with E-state index >= 15 is 0 Å². The van der Waals surface area contributed by atoms with Crippen molar-refractivity contribution >= 4 is 0 Å². The Hall–Kier alpha value is -1.82. The first kappa shape index (κ1) is 13.6. The molecule has 0 fully saturated rings. The summed E-state index contributed by atoms with van der Waals surface area (Å²) < 4.78 is 31.1. The smallest absolute Gasteiger partial charge is 0.231 e. The molecular weight excluding hydrogens is 252 g/mol. The van der Waals surface area contributed by atoms with Gasteiger partial charge in [-0.05, 0) is 31.5 Å². The van der Waals surface area contributed by atoms with Crippen LogP contribution in [0.3, 0.4) is 0 Å². The van der Waals surface area contributed by atoms with Crippen LogP contribution in [0.2, 0.25) is 0 Å². The number of hydrogen-bond donors (Lipinski definition) is 1. The molecule has 0 aliphatic heterocycles. The van der Waals surface area contributed by atoms with Gasteiger partial charge >= 0.3 is 0 Å². The lowest BCUT2D eigenvalue weighted by molar-refractivity contribution is 0.334. The molecule has 2 atom stereocenters. The molecule has 0 radical (unpaired) electrons. The van der Waals surface area contributed by atoms with E-state index in [1.165, 1.54) is 6.07 Å². The van der Waals surface area contributed by atoms with Crippen molar-refractivity contribution in [3.63, 3.8) is 0 Å². The normalized spacial score (nSPS) is 14.4. The van der Waals surface area contributed by atoms with Gasteiger partial charge in [-0.2, -0.15) is 4.98 Å². The molecule has 2 aromatic rings. The SMILES string of the molecule is CCC(c1nc(-c2ccc(F)c(F)c2)no1)C(C)N.